The lowest BCUT2D eigenvalue weighted by Crippen LogP contribution is -2.39. The predicted molar refractivity (Wildman–Crippen MR) is 77.8 cm³/mol. The standard InChI is InChI=1S/C9H12Cl4Si2/c1-2-15(14-9(12)13)7-5-3-4-6(10)8(7)11/h3-5,9,15H,2,14H2,1H3. The quantitative estimate of drug-likeness (QED) is 0.592. The number of alkyl halides is 2. The van der Waals surface area contributed by atoms with E-state index in [1.165, 1.54) is 5.19 Å². The molecule has 0 nitrogen and oxygen atoms in total. The summed E-state index contributed by atoms with van der Waals surface area (Å²) in [5.41, 5.74) is 0. The van der Waals surface area contributed by atoms with Gasteiger partial charge in [-0.25, -0.2) is 0 Å². The SMILES string of the molecule is CC[SiH]([SiH2]C(Cl)Cl)c1cccc(Cl)c1Cl. The molecular weight excluding hydrogens is 306 g/mol. The first-order chi connectivity index (χ1) is 7.06. The van der Waals surface area contributed by atoms with E-state index in [0.29, 0.717) is 10.0 Å². The smallest absolute Gasteiger partial charge is 0.0887 e. The van der Waals surface area contributed by atoms with E-state index in [1.807, 2.05) is 12.1 Å². The van der Waals surface area contributed by atoms with Crippen LogP contribution in [0.15, 0.2) is 18.2 Å². The van der Waals surface area contributed by atoms with E-state index < -0.39 is 17.4 Å². The highest BCUT2D eigenvalue weighted by atomic mass is 35.5. The van der Waals surface area contributed by atoms with Gasteiger partial charge in [0.2, 0.25) is 0 Å². The third kappa shape index (κ3) is 3.95. The highest BCUT2D eigenvalue weighted by Gasteiger charge is 2.19. The van der Waals surface area contributed by atoms with Crippen molar-refractivity contribution in [3.05, 3.63) is 28.2 Å². The van der Waals surface area contributed by atoms with Crippen molar-refractivity contribution in [2.24, 2.45) is 0 Å². The Hall–Kier alpha value is 0.814. The van der Waals surface area contributed by atoms with E-state index in [0.717, 1.165) is 6.04 Å². The fraction of sp³-hybridized carbons (Fsp3) is 0.333. The fourth-order valence-corrected chi connectivity index (χ4v) is 13.1. The Labute approximate surface area is 114 Å². The molecule has 0 aliphatic rings. The largest absolute Gasteiger partial charge is 0.110 e. The molecule has 0 radical (unpaired) electrons. The molecule has 1 unspecified atom stereocenters. The van der Waals surface area contributed by atoms with Crippen molar-refractivity contribution >= 4 is 68.9 Å². The zero-order valence-corrected chi connectivity index (χ0v) is 13.9. The second kappa shape index (κ2) is 6.53. The molecule has 0 saturated carbocycles. The van der Waals surface area contributed by atoms with Crippen LogP contribution in [0.4, 0.5) is 0 Å². The summed E-state index contributed by atoms with van der Waals surface area (Å²) in [5, 5.41) is 2.57. The first-order valence-corrected chi connectivity index (χ1v) is 11.9. The lowest BCUT2D eigenvalue weighted by atomic mass is 10.4. The summed E-state index contributed by atoms with van der Waals surface area (Å²) in [7, 11) is -1.49. The van der Waals surface area contributed by atoms with Gasteiger partial charge in [0.1, 0.15) is 0 Å². The van der Waals surface area contributed by atoms with Crippen LogP contribution in [0.25, 0.3) is 0 Å². The van der Waals surface area contributed by atoms with Crippen LogP contribution in [-0.4, -0.2) is 21.8 Å². The number of hydrogen-bond acceptors (Lipinski definition) is 0. The van der Waals surface area contributed by atoms with Crippen molar-refractivity contribution in [2.75, 3.05) is 0 Å². The van der Waals surface area contributed by atoms with Crippen LogP contribution in [-0.2, 0) is 0 Å². The van der Waals surface area contributed by atoms with Crippen LogP contribution in [0.5, 0.6) is 0 Å². The Morgan fingerprint density at radius 2 is 2.00 bits per heavy atom. The number of hydrogen-bond donors (Lipinski definition) is 0. The topological polar surface area (TPSA) is 0 Å². The third-order valence-corrected chi connectivity index (χ3v) is 15.7. The Kier molecular flexibility index (Phi) is 6.04. The minimum Gasteiger partial charge on any atom is -0.110 e. The molecule has 15 heavy (non-hydrogen) atoms. The van der Waals surface area contributed by atoms with Gasteiger partial charge in [0, 0.05) is 0 Å². The summed E-state index contributed by atoms with van der Waals surface area (Å²) in [4.78, 5) is 0. The van der Waals surface area contributed by atoms with Crippen LogP contribution in [0, 0.1) is 0 Å². The van der Waals surface area contributed by atoms with Crippen molar-refractivity contribution in [1.82, 2.24) is 0 Å². The van der Waals surface area contributed by atoms with Crippen molar-refractivity contribution in [3.63, 3.8) is 0 Å². The third-order valence-electron chi connectivity index (χ3n) is 2.38. The van der Waals surface area contributed by atoms with Crippen molar-refractivity contribution in [1.29, 1.82) is 0 Å². The van der Waals surface area contributed by atoms with E-state index in [-0.39, 0.29) is 4.46 Å². The molecule has 0 fully saturated rings. The molecule has 0 bridgehead atoms. The second-order valence-corrected chi connectivity index (χ2v) is 15.0. The fourth-order valence-electron chi connectivity index (χ4n) is 1.56. The molecule has 0 aromatic heterocycles. The molecule has 0 amide bonds. The van der Waals surface area contributed by atoms with E-state index in [9.17, 15) is 0 Å². The van der Waals surface area contributed by atoms with Crippen molar-refractivity contribution in [3.8, 4) is 0 Å². The van der Waals surface area contributed by atoms with Gasteiger partial charge in [0.15, 0.2) is 0 Å². The summed E-state index contributed by atoms with van der Waals surface area (Å²) in [6, 6.07) is 6.97. The van der Waals surface area contributed by atoms with Gasteiger partial charge in [-0.2, -0.15) is 0 Å². The summed E-state index contributed by atoms with van der Waals surface area (Å²) in [6.07, 6.45) is 0. The monoisotopic (exact) mass is 316 g/mol. The zero-order valence-electron chi connectivity index (χ0n) is 8.31. The highest BCUT2D eigenvalue weighted by Crippen LogP contribution is 2.20. The zero-order chi connectivity index (χ0) is 11.4. The minimum atomic E-state index is -1.04. The van der Waals surface area contributed by atoms with Crippen LogP contribution >= 0.6 is 46.4 Å². The second-order valence-electron chi connectivity index (χ2n) is 3.38. The molecule has 0 spiro atoms. The average molecular weight is 318 g/mol. The summed E-state index contributed by atoms with van der Waals surface area (Å²) in [6.45, 7) is 2.18. The van der Waals surface area contributed by atoms with Gasteiger partial charge in [-0.05, 0) is 11.3 Å². The Morgan fingerprint density at radius 1 is 1.33 bits per heavy atom. The molecule has 0 N–H and O–H groups in total. The molecule has 1 atom stereocenters. The number of halogens is 4. The Morgan fingerprint density at radius 3 is 2.53 bits per heavy atom. The molecule has 1 aromatic carbocycles. The number of benzene rings is 1. The average Bonchev–Trinajstić information content (AvgIpc) is 2.19. The molecule has 0 heterocycles. The van der Waals surface area contributed by atoms with Crippen molar-refractivity contribution < 1.29 is 0 Å². The van der Waals surface area contributed by atoms with Gasteiger partial charge in [-0.15, -0.1) is 23.2 Å². The van der Waals surface area contributed by atoms with Gasteiger partial charge < -0.3 is 0 Å². The molecule has 1 rings (SSSR count). The molecular formula is C9H12Cl4Si2. The van der Waals surface area contributed by atoms with E-state index >= 15 is 0 Å². The molecule has 0 saturated heterocycles. The van der Waals surface area contributed by atoms with Gasteiger partial charge in [-0.1, -0.05) is 48.3 Å². The first kappa shape index (κ1) is 13.9. The summed E-state index contributed by atoms with van der Waals surface area (Å²) in [5.74, 6) is 0. The maximum atomic E-state index is 6.19. The Bertz CT molecular complexity index is 330. The molecule has 6 heteroatoms. The molecule has 0 aliphatic carbocycles. The summed E-state index contributed by atoms with van der Waals surface area (Å²) < 4.78 is -0.170. The number of rotatable bonds is 4. The summed E-state index contributed by atoms with van der Waals surface area (Å²) >= 11 is 23.9. The van der Waals surface area contributed by atoms with Gasteiger partial charge in [0.25, 0.3) is 0 Å². The molecule has 84 valence electrons. The maximum Gasteiger partial charge on any atom is 0.0887 e. The van der Waals surface area contributed by atoms with Gasteiger partial charge >= 0.3 is 0 Å². The van der Waals surface area contributed by atoms with Gasteiger partial charge in [0.05, 0.1) is 31.9 Å². The van der Waals surface area contributed by atoms with Crippen molar-refractivity contribution in [2.45, 2.75) is 17.4 Å². The molecule has 0 aliphatic heterocycles. The van der Waals surface area contributed by atoms with Crippen LogP contribution in [0.3, 0.4) is 0 Å². The van der Waals surface area contributed by atoms with Crippen LogP contribution < -0.4 is 5.19 Å². The van der Waals surface area contributed by atoms with Gasteiger partial charge in [-0.3, -0.25) is 0 Å². The van der Waals surface area contributed by atoms with Crippen LogP contribution in [0.1, 0.15) is 6.92 Å². The lowest BCUT2D eigenvalue weighted by molar-refractivity contribution is 1.45. The molecule has 1 aromatic rings. The predicted octanol–water partition coefficient (Wildman–Crippen LogP) is 2.87. The van der Waals surface area contributed by atoms with E-state index in [4.69, 9.17) is 46.4 Å². The van der Waals surface area contributed by atoms with Crippen LogP contribution in [0.2, 0.25) is 16.1 Å². The van der Waals surface area contributed by atoms with E-state index in [2.05, 4.69) is 13.0 Å². The normalized spacial score (nSPS) is 14.0. The highest BCUT2D eigenvalue weighted by molar-refractivity contribution is 7.23. The van der Waals surface area contributed by atoms with E-state index in [1.54, 1.807) is 0 Å². The maximum absolute atomic E-state index is 6.19. The lowest BCUT2D eigenvalue weighted by Gasteiger charge is -2.15. The Balaban J connectivity index is 2.96. The first-order valence-electron chi connectivity index (χ1n) is 4.78. The minimum absolute atomic E-state index is 0.170.